The second kappa shape index (κ2) is 9.56. The minimum atomic E-state index is -0.0785. The van der Waals surface area contributed by atoms with Crippen LogP contribution >= 0.6 is 0 Å². The fraction of sp³-hybridized carbons (Fsp3) is 0.458. The number of hydrogen-bond donors (Lipinski definition) is 1. The molecule has 170 valence electrons. The topological polar surface area (TPSA) is 86.1 Å². The van der Waals surface area contributed by atoms with E-state index in [1.54, 1.807) is 30.1 Å². The van der Waals surface area contributed by atoms with Crippen LogP contribution < -0.4 is 0 Å². The number of aryl methyl sites for hydroxylation is 1. The van der Waals surface area contributed by atoms with Crippen LogP contribution in [-0.2, 0) is 6.54 Å². The smallest absolute Gasteiger partial charge is 0.270 e. The lowest BCUT2D eigenvalue weighted by Crippen LogP contribution is -2.48. The molecule has 1 aromatic carbocycles. The van der Waals surface area contributed by atoms with Crippen molar-refractivity contribution in [2.45, 2.75) is 25.8 Å². The number of amides is 2. The van der Waals surface area contributed by atoms with E-state index >= 15 is 0 Å². The van der Waals surface area contributed by atoms with Crippen LogP contribution in [0.15, 0.2) is 36.5 Å². The van der Waals surface area contributed by atoms with Gasteiger partial charge < -0.3 is 19.5 Å². The molecule has 0 saturated carbocycles. The first-order chi connectivity index (χ1) is 15.4. The molecule has 0 spiro atoms. The largest absolute Gasteiger partial charge is 0.508 e. The standard InChI is InChI=1S/C24H30N4O4/c1-25-12-9-21(30)20-8-13-27(22(20)24(25)32)11-3-2-10-26-14-16-28(17-15-26)23(31)18-4-6-19(29)7-5-18/h4-8,13,29H,2-3,9-12,14-17H2,1H3. The summed E-state index contributed by atoms with van der Waals surface area (Å²) in [6.07, 6.45) is 4.13. The maximum Gasteiger partial charge on any atom is 0.270 e. The highest BCUT2D eigenvalue weighted by Crippen LogP contribution is 2.20. The Hall–Kier alpha value is -3.13. The zero-order valence-electron chi connectivity index (χ0n) is 18.5. The normalized spacial score (nSPS) is 17.4. The number of Topliss-reactive ketones (excluding diaryl/α,β-unsaturated/α-hetero) is 1. The molecule has 32 heavy (non-hydrogen) atoms. The highest BCUT2D eigenvalue weighted by molar-refractivity contribution is 6.08. The maximum absolute atomic E-state index is 12.6. The van der Waals surface area contributed by atoms with Gasteiger partial charge in [0.2, 0.25) is 0 Å². The summed E-state index contributed by atoms with van der Waals surface area (Å²) in [6.45, 7) is 5.16. The Balaban J connectivity index is 1.23. The number of carbonyl (C=O) groups excluding carboxylic acids is 3. The summed E-state index contributed by atoms with van der Waals surface area (Å²) >= 11 is 0. The minimum absolute atomic E-state index is 0.00197. The fourth-order valence-electron chi connectivity index (χ4n) is 4.39. The molecule has 1 saturated heterocycles. The van der Waals surface area contributed by atoms with Gasteiger partial charge in [-0.1, -0.05) is 0 Å². The number of piperazine rings is 1. The van der Waals surface area contributed by atoms with Crippen LogP contribution in [0.5, 0.6) is 5.75 Å². The number of rotatable bonds is 6. The molecule has 0 radical (unpaired) electrons. The Bertz CT molecular complexity index is 990. The number of unbranched alkanes of at least 4 members (excludes halogenated alkanes) is 1. The quantitative estimate of drug-likeness (QED) is 0.698. The summed E-state index contributed by atoms with van der Waals surface area (Å²) in [4.78, 5) is 43.4. The Labute approximate surface area is 188 Å². The molecule has 0 unspecified atom stereocenters. The first-order valence-corrected chi connectivity index (χ1v) is 11.2. The van der Waals surface area contributed by atoms with Crippen molar-refractivity contribution < 1.29 is 19.5 Å². The lowest BCUT2D eigenvalue weighted by molar-refractivity contribution is 0.0634. The monoisotopic (exact) mass is 438 g/mol. The van der Waals surface area contributed by atoms with Crippen molar-refractivity contribution in [1.82, 2.24) is 19.3 Å². The molecule has 8 nitrogen and oxygen atoms in total. The number of carbonyl (C=O) groups is 3. The first kappa shape index (κ1) is 22.1. The van der Waals surface area contributed by atoms with E-state index in [1.807, 2.05) is 15.7 Å². The number of aromatic nitrogens is 1. The summed E-state index contributed by atoms with van der Waals surface area (Å²) < 4.78 is 1.92. The third kappa shape index (κ3) is 4.70. The van der Waals surface area contributed by atoms with Crippen LogP contribution in [-0.4, -0.2) is 88.3 Å². The maximum atomic E-state index is 12.6. The molecule has 8 heteroatoms. The van der Waals surface area contributed by atoms with E-state index in [4.69, 9.17) is 0 Å². The van der Waals surface area contributed by atoms with Gasteiger partial charge in [0, 0.05) is 70.1 Å². The number of phenols is 1. The van der Waals surface area contributed by atoms with Gasteiger partial charge in [-0.25, -0.2) is 0 Å². The molecule has 4 rings (SSSR count). The van der Waals surface area contributed by atoms with Crippen molar-refractivity contribution in [3.63, 3.8) is 0 Å². The van der Waals surface area contributed by atoms with Gasteiger partial charge >= 0.3 is 0 Å². The second-order valence-corrected chi connectivity index (χ2v) is 8.56. The first-order valence-electron chi connectivity index (χ1n) is 11.2. The van der Waals surface area contributed by atoms with Crippen LogP contribution in [0.4, 0.5) is 0 Å². The fourth-order valence-corrected chi connectivity index (χ4v) is 4.39. The van der Waals surface area contributed by atoms with Gasteiger partial charge in [-0.05, 0) is 49.7 Å². The molecule has 1 aromatic heterocycles. The van der Waals surface area contributed by atoms with Gasteiger partial charge in [0.25, 0.3) is 11.8 Å². The molecule has 2 amide bonds. The number of benzene rings is 1. The lowest BCUT2D eigenvalue weighted by atomic mass is 10.1. The Morgan fingerprint density at radius 2 is 1.62 bits per heavy atom. The number of hydrogen-bond acceptors (Lipinski definition) is 5. The van der Waals surface area contributed by atoms with Crippen LogP contribution in [0.3, 0.4) is 0 Å². The zero-order chi connectivity index (χ0) is 22.7. The molecular weight excluding hydrogens is 408 g/mol. The van der Waals surface area contributed by atoms with E-state index in [0.29, 0.717) is 49.4 Å². The molecule has 0 aliphatic carbocycles. The molecule has 2 aliphatic heterocycles. The lowest BCUT2D eigenvalue weighted by Gasteiger charge is -2.34. The highest BCUT2D eigenvalue weighted by atomic mass is 16.3. The van der Waals surface area contributed by atoms with E-state index in [9.17, 15) is 19.5 Å². The van der Waals surface area contributed by atoms with E-state index in [0.717, 1.165) is 32.5 Å². The predicted octanol–water partition coefficient (Wildman–Crippen LogP) is 2.09. The SMILES string of the molecule is CN1CCC(=O)c2ccn(CCCCN3CCN(C(=O)c4ccc(O)cc4)CC3)c2C1=O. The molecule has 1 fully saturated rings. The number of aromatic hydroxyl groups is 1. The molecule has 1 N–H and O–H groups in total. The summed E-state index contributed by atoms with van der Waals surface area (Å²) in [5.74, 6) is 0.119. The third-order valence-electron chi connectivity index (χ3n) is 6.38. The molecule has 2 aromatic rings. The van der Waals surface area contributed by atoms with Gasteiger partial charge in [-0.3, -0.25) is 19.3 Å². The molecule has 0 atom stereocenters. The van der Waals surface area contributed by atoms with Crippen molar-refractivity contribution in [3.05, 3.63) is 53.3 Å². The van der Waals surface area contributed by atoms with E-state index in [-0.39, 0.29) is 23.3 Å². The summed E-state index contributed by atoms with van der Waals surface area (Å²) in [7, 11) is 1.74. The molecule has 2 aliphatic rings. The average molecular weight is 439 g/mol. The predicted molar refractivity (Wildman–Crippen MR) is 120 cm³/mol. The van der Waals surface area contributed by atoms with Gasteiger partial charge in [0.05, 0.1) is 0 Å². The third-order valence-corrected chi connectivity index (χ3v) is 6.38. The summed E-state index contributed by atoms with van der Waals surface area (Å²) in [6, 6.07) is 8.16. The van der Waals surface area contributed by atoms with Gasteiger partial charge in [-0.2, -0.15) is 0 Å². The van der Waals surface area contributed by atoms with Crippen molar-refractivity contribution in [3.8, 4) is 5.75 Å². The number of nitrogens with zero attached hydrogens (tertiary/aromatic N) is 4. The molecule has 0 bridgehead atoms. The number of phenolic OH excluding ortho intramolecular Hbond substituents is 1. The average Bonchev–Trinajstić information content (AvgIpc) is 3.19. The van der Waals surface area contributed by atoms with E-state index in [1.165, 1.54) is 12.1 Å². The number of fused-ring (bicyclic) bond motifs is 1. The van der Waals surface area contributed by atoms with Crippen LogP contribution in [0.1, 0.15) is 50.5 Å². The van der Waals surface area contributed by atoms with Crippen molar-refractivity contribution in [1.29, 1.82) is 0 Å². The van der Waals surface area contributed by atoms with Crippen molar-refractivity contribution in [2.24, 2.45) is 0 Å². The Morgan fingerprint density at radius 1 is 0.938 bits per heavy atom. The molecular formula is C24H30N4O4. The summed E-state index contributed by atoms with van der Waals surface area (Å²) in [5, 5.41) is 9.39. The van der Waals surface area contributed by atoms with Crippen LogP contribution in [0, 0.1) is 0 Å². The van der Waals surface area contributed by atoms with E-state index < -0.39 is 0 Å². The van der Waals surface area contributed by atoms with Crippen molar-refractivity contribution in [2.75, 3.05) is 46.3 Å². The van der Waals surface area contributed by atoms with Crippen LogP contribution in [0.2, 0.25) is 0 Å². The van der Waals surface area contributed by atoms with Gasteiger partial charge in [-0.15, -0.1) is 0 Å². The molecule has 3 heterocycles. The second-order valence-electron chi connectivity index (χ2n) is 8.56. The van der Waals surface area contributed by atoms with E-state index in [2.05, 4.69) is 4.90 Å². The van der Waals surface area contributed by atoms with Crippen LogP contribution in [0.25, 0.3) is 0 Å². The Morgan fingerprint density at radius 3 is 2.34 bits per heavy atom. The summed E-state index contributed by atoms with van der Waals surface area (Å²) in [5.41, 5.74) is 1.67. The number of ketones is 1. The zero-order valence-corrected chi connectivity index (χ0v) is 18.5. The van der Waals surface area contributed by atoms with Gasteiger partial charge in [0.1, 0.15) is 11.4 Å². The van der Waals surface area contributed by atoms with Crippen molar-refractivity contribution >= 4 is 17.6 Å². The minimum Gasteiger partial charge on any atom is -0.508 e. The Kier molecular flexibility index (Phi) is 6.60. The highest BCUT2D eigenvalue weighted by Gasteiger charge is 2.28. The van der Waals surface area contributed by atoms with Gasteiger partial charge in [0.15, 0.2) is 5.78 Å².